The van der Waals surface area contributed by atoms with Crippen molar-refractivity contribution in [3.63, 3.8) is 0 Å². The summed E-state index contributed by atoms with van der Waals surface area (Å²) in [5, 5.41) is 14.2. The van der Waals surface area contributed by atoms with E-state index in [9.17, 15) is 19.7 Å². The maximum atomic E-state index is 12.6. The van der Waals surface area contributed by atoms with Crippen molar-refractivity contribution < 1.29 is 14.5 Å². The minimum absolute atomic E-state index is 0.0248. The van der Waals surface area contributed by atoms with Crippen molar-refractivity contribution in [2.24, 2.45) is 0 Å². The second-order valence-electron chi connectivity index (χ2n) is 6.41. The van der Waals surface area contributed by atoms with Crippen molar-refractivity contribution in [2.45, 2.75) is 6.92 Å². The Bertz CT molecular complexity index is 909. The third-order valence-electron chi connectivity index (χ3n) is 4.47. The van der Waals surface area contributed by atoms with Gasteiger partial charge in [0.15, 0.2) is 0 Å². The number of amides is 2. The van der Waals surface area contributed by atoms with Crippen LogP contribution in [-0.2, 0) is 4.79 Å². The third-order valence-corrected chi connectivity index (χ3v) is 5.83. The van der Waals surface area contributed by atoms with Gasteiger partial charge < -0.3 is 10.2 Å². The van der Waals surface area contributed by atoms with Crippen LogP contribution in [0.25, 0.3) is 0 Å². The van der Waals surface area contributed by atoms with E-state index in [1.807, 2.05) is 4.90 Å². The molecule has 1 N–H and O–H groups in total. The summed E-state index contributed by atoms with van der Waals surface area (Å²) in [6.45, 7) is 3.86. The van der Waals surface area contributed by atoms with Crippen LogP contribution in [0.4, 0.5) is 11.4 Å². The van der Waals surface area contributed by atoms with E-state index < -0.39 is 4.92 Å². The Morgan fingerprint density at radius 3 is 2.54 bits per heavy atom. The number of aryl methyl sites for hydroxylation is 1. The van der Waals surface area contributed by atoms with E-state index in [-0.39, 0.29) is 24.0 Å². The Balaban J connectivity index is 1.52. The largest absolute Gasteiger partial charge is 0.335 e. The summed E-state index contributed by atoms with van der Waals surface area (Å²) in [6.07, 6.45) is 0. The highest BCUT2D eigenvalue weighted by molar-refractivity contribution is 7.14. The summed E-state index contributed by atoms with van der Waals surface area (Å²) < 4.78 is 0. The standard InChI is InChI=1S/C18H19ClN4O4S/c1-12-15(23(26)27)10-16(28-12)18(25)22-8-6-21(7-9-22)11-17(24)20-14-5-3-2-4-13(14)19/h2-5,10H,6-9,11H2,1H3,(H,20,24). The van der Waals surface area contributed by atoms with Crippen LogP contribution in [0.1, 0.15) is 14.5 Å². The highest BCUT2D eigenvalue weighted by Gasteiger charge is 2.27. The molecule has 10 heteroatoms. The molecule has 1 aliphatic heterocycles. The fraction of sp³-hybridized carbons (Fsp3) is 0.333. The molecule has 2 aromatic rings. The van der Waals surface area contributed by atoms with Crippen LogP contribution < -0.4 is 5.32 Å². The van der Waals surface area contributed by atoms with Gasteiger partial charge in [0, 0.05) is 32.2 Å². The van der Waals surface area contributed by atoms with E-state index in [0.29, 0.717) is 46.6 Å². The zero-order valence-electron chi connectivity index (χ0n) is 15.2. The van der Waals surface area contributed by atoms with E-state index >= 15 is 0 Å². The zero-order valence-corrected chi connectivity index (χ0v) is 16.8. The summed E-state index contributed by atoms with van der Waals surface area (Å²) >= 11 is 7.18. The first kappa shape index (κ1) is 20.2. The highest BCUT2D eigenvalue weighted by atomic mass is 35.5. The molecule has 1 aliphatic rings. The number of carbonyl (C=O) groups excluding carboxylic acids is 2. The van der Waals surface area contributed by atoms with Gasteiger partial charge in [-0.15, -0.1) is 11.3 Å². The quantitative estimate of drug-likeness (QED) is 0.590. The smallest absolute Gasteiger partial charge is 0.283 e. The van der Waals surface area contributed by atoms with Gasteiger partial charge in [-0.05, 0) is 19.1 Å². The molecule has 3 rings (SSSR count). The van der Waals surface area contributed by atoms with Crippen molar-refractivity contribution >= 4 is 46.1 Å². The second kappa shape index (κ2) is 8.68. The SMILES string of the molecule is Cc1sc(C(=O)N2CCN(CC(=O)Nc3ccccc3Cl)CC2)cc1[N+](=O)[O-]. The van der Waals surface area contributed by atoms with Gasteiger partial charge in [0.2, 0.25) is 5.91 Å². The van der Waals surface area contributed by atoms with E-state index in [2.05, 4.69) is 5.32 Å². The molecule has 0 spiro atoms. The van der Waals surface area contributed by atoms with Crippen LogP contribution in [0.5, 0.6) is 0 Å². The number of anilines is 1. The van der Waals surface area contributed by atoms with Gasteiger partial charge in [-0.1, -0.05) is 23.7 Å². The monoisotopic (exact) mass is 422 g/mol. The number of hydrogen-bond acceptors (Lipinski definition) is 6. The fourth-order valence-corrected chi connectivity index (χ4v) is 4.12. The molecule has 0 unspecified atom stereocenters. The van der Waals surface area contributed by atoms with Gasteiger partial charge in [0.1, 0.15) is 0 Å². The lowest BCUT2D eigenvalue weighted by molar-refractivity contribution is -0.385. The molecule has 1 aromatic carbocycles. The predicted octanol–water partition coefficient (Wildman–Crippen LogP) is 3.01. The van der Waals surface area contributed by atoms with Crippen molar-refractivity contribution in [3.05, 3.63) is 55.2 Å². The normalized spacial score (nSPS) is 14.7. The molecule has 0 bridgehead atoms. The van der Waals surface area contributed by atoms with Crippen molar-refractivity contribution in [1.29, 1.82) is 0 Å². The summed E-state index contributed by atoms with van der Waals surface area (Å²) in [6, 6.07) is 8.36. The van der Waals surface area contributed by atoms with Crippen LogP contribution in [0.3, 0.4) is 0 Å². The Hall–Kier alpha value is -2.49. The first-order chi connectivity index (χ1) is 13.3. The molecule has 148 valence electrons. The zero-order chi connectivity index (χ0) is 20.3. The van der Waals surface area contributed by atoms with Gasteiger partial charge in [-0.2, -0.15) is 0 Å². The first-order valence-corrected chi connectivity index (χ1v) is 9.85. The number of nitro groups is 1. The predicted molar refractivity (Wildman–Crippen MR) is 108 cm³/mol. The Morgan fingerprint density at radius 1 is 1.25 bits per heavy atom. The Morgan fingerprint density at radius 2 is 1.93 bits per heavy atom. The second-order valence-corrected chi connectivity index (χ2v) is 8.07. The number of hydrogen-bond donors (Lipinski definition) is 1. The molecule has 0 saturated carbocycles. The lowest BCUT2D eigenvalue weighted by Crippen LogP contribution is -2.50. The number of para-hydroxylation sites is 1. The maximum Gasteiger partial charge on any atom is 0.283 e. The topological polar surface area (TPSA) is 95.8 Å². The molecule has 0 radical (unpaired) electrons. The van der Waals surface area contributed by atoms with Crippen LogP contribution in [0, 0.1) is 17.0 Å². The maximum absolute atomic E-state index is 12.6. The van der Waals surface area contributed by atoms with Crippen molar-refractivity contribution in [2.75, 3.05) is 38.0 Å². The minimum Gasteiger partial charge on any atom is -0.335 e. The average Bonchev–Trinajstić information content (AvgIpc) is 3.06. The number of piperazine rings is 1. The molecule has 1 saturated heterocycles. The molecular formula is C18H19ClN4O4S. The van der Waals surface area contributed by atoms with Gasteiger partial charge in [-0.25, -0.2) is 0 Å². The van der Waals surface area contributed by atoms with Crippen LogP contribution in [-0.4, -0.2) is 59.3 Å². The fourth-order valence-electron chi connectivity index (χ4n) is 2.98. The summed E-state index contributed by atoms with van der Waals surface area (Å²) in [5.74, 6) is -0.376. The lowest BCUT2D eigenvalue weighted by atomic mass is 10.2. The van der Waals surface area contributed by atoms with E-state index in [0.717, 1.165) is 11.3 Å². The van der Waals surface area contributed by atoms with Crippen LogP contribution in [0.2, 0.25) is 5.02 Å². The molecular weight excluding hydrogens is 404 g/mol. The summed E-state index contributed by atoms with van der Waals surface area (Å²) in [7, 11) is 0. The molecule has 1 aromatic heterocycles. The molecule has 8 nitrogen and oxygen atoms in total. The van der Waals surface area contributed by atoms with E-state index in [1.165, 1.54) is 6.07 Å². The first-order valence-electron chi connectivity index (χ1n) is 8.66. The van der Waals surface area contributed by atoms with Crippen molar-refractivity contribution in [3.8, 4) is 0 Å². The number of nitrogens with one attached hydrogen (secondary N) is 1. The van der Waals surface area contributed by atoms with E-state index in [4.69, 9.17) is 11.6 Å². The number of rotatable bonds is 5. The highest BCUT2D eigenvalue weighted by Crippen LogP contribution is 2.29. The van der Waals surface area contributed by atoms with E-state index in [1.54, 1.807) is 36.1 Å². The van der Waals surface area contributed by atoms with Crippen molar-refractivity contribution in [1.82, 2.24) is 9.80 Å². The summed E-state index contributed by atoms with van der Waals surface area (Å²) in [4.78, 5) is 39.8. The number of nitrogens with zero attached hydrogens (tertiary/aromatic N) is 3. The molecule has 0 atom stereocenters. The number of carbonyl (C=O) groups is 2. The number of halogens is 1. The third kappa shape index (κ3) is 4.67. The van der Waals surface area contributed by atoms with Crippen LogP contribution >= 0.6 is 22.9 Å². The Kier molecular flexibility index (Phi) is 6.28. The average molecular weight is 423 g/mol. The van der Waals surface area contributed by atoms with Crippen LogP contribution in [0.15, 0.2) is 30.3 Å². The van der Waals surface area contributed by atoms with Gasteiger partial charge in [0.25, 0.3) is 11.6 Å². The lowest BCUT2D eigenvalue weighted by Gasteiger charge is -2.34. The van der Waals surface area contributed by atoms with Gasteiger partial charge in [-0.3, -0.25) is 24.6 Å². The molecule has 2 heterocycles. The van der Waals surface area contributed by atoms with Gasteiger partial charge >= 0.3 is 0 Å². The molecule has 2 amide bonds. The summed E-state index contributed by atoms with van der Waals surface area (Å²) in [5.41, 5.74) is 0.542. The number of thiophene rings is 1. The Labute approximate surface area is 170 Å². The molecule has 28 heavy (non-hydrogen) atoms. The molecule has 1 fully saturated rings. The molecule has 0 aliphatic carbocycles. The number of benzene rings is 1. The minimum atomic E-state index is -0.474. The van der Waals surface area contributed by atoms with Gasteiger partial charge in [0.05, 0.1) is 31.9 Å².